The lowest BCUT2D eigenvalue weighted by atomic mass is 10.1. The maximum Gasteiger partial charge on any atom is 0.251 e. The largest absolute Gasteiger partial charge is 0.398 e. The molecule has 3 nitrogen and oxygen atoms in total. The molecular formula is C14H11F3N2O. The fourth-order valence-electron chi connectivity index (χ4n) is 1.66. The average Bonchev–Trinajstić information content (AvgIpc) is 2.43. The van der Waals surface area contributed by atoms with Crippen LogP contribution in [0.15, 0.2) is 36.4 Å². The third-order valence-electron chi connectivity index (χ3n) is 2.74. The van der Waals surface area contributed by atoms with Crippen LogP contribution in [0.4, 0.5) is 18.9 Å². The molecular weight excluding hydrogens is 269 g/mol. The normalized spacial score (nSPS) is 10.3. The molecule has 0 saturated carbocycles. The maximum atomic E-state index is 13.0. The third-order valence-corrected chi connectivity index (χ3v) is 2.74. The van der Waals surface area contributed by atoms with E-state index in [4.69, 9.17) is 5.73 Å². The van der Waals surface area contributed by atoms with Gasteiger partial charge in [0.25, 0.3) is 5.91 Å². The molecule has 2 aromatic carbocycles. The molecule has 0 aromatic heterocycles. The highest BCUT2D eigenvalue weighted by Gasteiger charge is 2.15. The third kappa shape index (κ3) is 2.90. The van der Waals surface area contributed by atoms with E-state index in [2.05, 4.69) is 5.32 Å². The first-order valence-corrected chi connectivity index (χ1v) is 5.75. The van der Waals surface area contributed by atoms with Gasteiger partial charge in [-0.15, -0.1) is 0 Å². The second-order valence-electron chi connectivity index (χ2n) is 4.14. The number of halogens is 3. The molecule has 104 valence electrons. The number of hydrogen-bond acceptors (Lipinski definition) is 2. The smallest absolute Gasteiger partial charge is 0.251 e. The van der Waals surface area contributed by atoms with Crippen molar-refractivity contribution >= 4 is 11.6 Å². The summed E-state index contributed by atoms with van der Waals surface area (Å²) in [5.41, 5.74) is 6.56. The molecule has 0 fully saturated rings. The van der Waals surface area contributed by atoms with Crippen molar-refractivity contribution in [3.05, 3.63) is 65.0 Å². The number of amides is 1. The Kier molecular flexibility index (Phi) is 3.93. The van der Waals surface area contributed by atoms with Gasteiger partial charge in [0.1, 0.15) is 0 Å². The summed E-state index contributed by atoms with van der Waals surface area (Å²) in [5.74, 6) is -5.14. The zero-order chi connectivity index (χ0) is 14.7. The van der Waals surface area contributed by atoms with Gasteiger partial charge in [0, 0.05) is 17.8 Å². The summed E-state index contributed by atoms with van der Waals surface area (Å²) < 4.78 is 38.8. The highest BCUT2D eigenvalue weighted by Crippen LogP contribution is 2.14. The summed E-state index contributed by atoms with van der Waals surface area (Å²) in [6.07, 6.45) is 0. The Morgan fingerprint density at radius 2 is 1.70 bits per heavy atom. The van der Waals surface area contributed by atoms with Gasteiger partial charge in [-0.3, -0.25) is 4.79 Å². The second kappa shape index (κ2) is 5.64. The number of nitrogen functional groups attached to an aromatic ring is 1. The van der Waals surface area contributed by atoms with E-state index in [-0.39, 0.29) is 12.1 Å². The highest BCUT2D eigenvalue weighted by atomic mass is 19.2. The van der Waals surface area contributed by atoms with Gasteiger partial charge in [0.2, 0.25) is 0 Å². The Hall–Kier alpha value is -2.50. The van der Waals surface area contributed by atoms with Gasteiger partial charge < -0.3 is 11.1 Å². The monoisotopic (exact) mass is 280 g/mol. The molecule has 3 N–H and O–H groups in total. The van der Waals surface area contributed by atoms with Crippen LogP contribution in [-0.2, 0) is 6.54 Å². The average molecular weight is 280 g/mol. The van der Waals surface area contributed by atoms with Gasteiger partial charge in [-0.2, -0.15) is 0 Å². The van der Waals surface area contributed by atoms with Crippen molar-refractivity contribution in [2.45, 2.75) is 6.54 Å². The summed E-state index contributed by atoms with van der Waals surface area (Å²) in [5, 5.41) is 2.46. The zero-order valence-electron chi connectivity index (χ0n) is 10.3. The SMILES string of the molecule is Nc1ccccc1CNC(=O)c1cc(F)c(F)c(F)c1. The molecule has 0 bridgehead atoms. The van der Waals surface area contributed by atoms with Crippen molar-refractivity contribution in [3.8, 4) is 0 Å². The Morgan fingerprint density at radius 1 is 1.10 bits per heavy atom. The van der Waals surface area contributed by atoms with Gasteiger partial charge in [0.05, 0.1) is 0 Å². The summed E-state index contributed by atoms with van der Waals surface area (Å²) in [6.45, 7) is 0.103. The van der Waals surface area contributed by atoms with Crippen LogP contribution in [0.3, 0.4) is 0 Å². The van der Waals surface area contributed by atoms with Crippen LogP contribution in [0.1, 0.15) is 15.9 Å². The molecule has 0 aliphatic heterocycles. The number of para-hydroxylation sites is 1. The van der Waals surface area contributed by atoms with E-state index in [9.17, 15) is 18.0 Å². The van der Waals surface area contributed by atoms with E-state index < -0.39 is 23.4 Å². The number of benzene rings is 2. The number of nitrogens with one attached hydrogen (secondary N) is 1. The van der Waals surface area contributed by atoms with E-state index in [0.29, 0.717) is 23.4 Å². The van der Waals surface area contributed by atoms with Crippen molar-refractivity contribution < 1.29 is 18.0 Å². The van der Waals surface area contributed by atoms with Gasteiger partial charge in [-0.1, -0.05) is 18.2 Å². The summed E-state index contributed by atoms with van der Waals surface area (Å²) >= 11 is 0. The standard InChI is InChI=1S/C14H11F3N2O/c15-10-5-9(6-11(16)13(10)17)14(20)19-7-8-3-1-2-4-12(8)18/h1-6H,7,18H2,(H,19,20). The summed E-state index contributed by atoms with van der Waals surface area (Å²) in [4.78, 5) is 11.7. The van der Waals surface area contributed by atoms with Crippen molar-refractivity contribution in [1.29, 1.82) is 0 Å². The quantitative estimate of drug-likeness (QED) is 0.670. The van der Waals surface area contributed by atoms with Gasteiger partial charge in [0.15, 0.2) is 17.5 Å². The first-order valence-electron chi connectivity index (χ1n) is 5.75. The molecule has 1 amide bonds. The molecule has 0 aliphatic rings. The topological polar surface area (TPSA) is 55.1 Å². The second-order valence-corrected chi connectivity index (χ2v) is 4.14. The van der Waals surface area contributed by atoms with Crippen LogP contribution in [-0.4, -0.2) is 5.91 Å². The highest BCUT2D eigenvalue weighted by molar-refractivity contribution is 5.94. The van der Waals surface area contributed by atoms with Crippen molar-refractivity contribution in [2.75, 3.05) is 5.73 Å². The molecule has 0 radical (unpaired) electrons. The number of anilines is 1. The van der Waals surface area contributed by atoms with Gasteiger partial charge in [-0.05, 0) is 23.8 Å². The fraction of sp³-hybridized carbons (Fsp3) is 0.0714. The molecule has 0 saturated heterocycles. The zero-order valence-corrected chi connectivity index (χ0v) is 10.3. The van der Waals surface area contributed by atoms with Crippen LogP contribution >= 0.6 is 0 Å². The van der Waals surface area contributed by atoms with Crippen LogP contribution in [0, 0.1) is 17.5 Å². The first kappa shape index (κ1) is 13.9. The molecule has 0 atom stereocenters. The van der Waals surface area contributed by atoms with E-state index in [1.807, 2.05) is 0 Å². The minimum absolute atomic E-state index is 0.103. The van der Waals surface area contributed by atoms with E-state index in [1.54, 1.807) is 24.3 Å². The number of carbonyl (C=O) groups excluding carboxylic acids is 1. The molecule has 0 aliphatic carbocycles. The summed E-state index contributed by atoms with van der Waals surface area (Å²) in [7, 11) is 0. The lowest BCUT2D eigenvalue weighted by Crippen LogP contribution is -2.23. The van der Waals surface area contributed by atoms with Crippen LogP contribution < -0.4 is 11.1 Å². The number of nitrogens with two attached hydrogens (primary N) is 1. The predicted octanol–water partition coefficient (Wildman–Crippen LogP) is 2.62. The predicted molar refractivity (Wildman–Crippen MR) is 68.3 cm³/mol. The number of hydrogen-bond donors (Lipinski definition) is 2. The minimum Gasteiger partial charge on any atom is -0.398 e. The van der Waals surface area contributed by atoms with E-state index >= 15 is 0 Å². The fourth-order valence-corrected chi connectivity index (χ4v) is 1.66. The molecule has 6 heteroatoms. The molecule has 0 unspecified atom stereocenters. The Bertz CT molecular complexity index is 636. The first-order chi connectivity index (χ1) is 9.49. The van der Waals surface area contributed by atoms with Gasteiger partial charge >= 0.3 is 0 Å². The Morgan fingerprint density at radius 3 is 2.30 bits per heavy atom. The Balaban J connectivity index is 2.11. The van der Waals surface area contributed by atoms with Crippen molar-refractivity contribution in [2.24, 2.45) is 0 Å². The van der Waals surface area contributed by atoms with Gasteiger partial charge in [-0.25, -0.2) is 13.2 Å². The molecule has 2 rings (SSSR count). The lowest BCUT2D eigenvalue weighted by Gasteiger charge is -2.08. The van der Waals surface area contributed by atoms with Crippen LogP contribution in [0.2, 0.25) is 0 Å². The maximum absolute atomic E-state index is 13.0. The lowest BCUT2D eigenvalue weighted by molar-refractivity contribution is 0.0950. The number of rotatable bonds is 3. The molecule has 0 heterocycles. The molecule has 2 aromatic rings. The number of carbonyl (C=O) groups is 1. The molecule has 0 spiro atoms. The molecule has 20 heavy (non-hydrogen) atoms. The Labute approximate surface area is 113 Å². The van der Waals surface area contributed by atoms with Crippen molar-refractivity contribution in [1.82, 2.24) is 5.32 Å². The van der Waals surface area contributed by atoms with Crippen LogP contribution in [0.25, 0.3) is 0 Å². The van der Waals surface area contributed by atoms with E-state index in [1.165, 1.54) is 0 Å². The van der Waals surface area contributed by atoms with E-state index in [0.717, 1.165) is 0 Å². The van der Waals surface area contributed by atoms with Crippen molar-refractivity contribution in [3.63, 3.8) is 0 Å². The summed E-state index contributed by atoms with van der Waals surface area (Å²) in [6, 6.07) is 8.14. The van der Waals surface area contributed by atoms with Crippen LogP contribution in [0.5, 0.6) is 0 Å². The minimum atomic E-state index is -1.60.